The van der Waals surface area contributed by atoms with Crippen molar-refractivity contribution in [1.29, 1.82) is 0 Å². The van der Waals surface area contributed by atoms with Crippen LogP contribution < -0.4 is 15.5 Å². The van der Waals surface area contributed by atoms with Crippen molar-refractivity contribution in [2.24, 2.45) is 4.99 Å². The second kappa shape index (κ2) is 12.1. The minimum absolute atomic E-state index is 0. The van der Waals surface area contributed by atoms with Gasteiger partial charge in [-0.3, -0.25) is 0 Å². The Morgan fingerprint density at radius 2 is 1.93 bits per heavy atom. The molecular weight excluding hydrogens is 485 g/mol. The van der Waals surface area contributed by atoms with Crippen LogP contribution in [-0.4, -0.2) is 37.1 Å². The number of aliphatic imine (C=N–C) groups is 1. The molecule has 2 N–H and O–H groups in total. The average molecular weight is 514 g/mol. The van der Waals surface area contributed by atoms with Crippen LogP contribution in [0.4, 0.5) is 5.82 Å². The Hall–Kier alpha value is -1.54. The molecule has 1 aromatic carbocycles. The highest BCUT2D eigenvalue weighted by atomic mass is 127. The van der Waals surface area contributed by atoms with Crippen LogP contribution in [0.2, 0.25) is 5.02 Å². The zero-order valence-corrected chi connectivity index (χ0v) is 19.4. The van der Waals surface area contributed by atoms with Gasteiger partial charge in [-0.15, -0.1) is 24.0 Å². The zero-order chi connectivity index (χ0) is 18.9. The number of aromatic nitrogens is 1. The van der Waals surface area contributed by atoms with Crippen molar-refractivity contribution in [2.45, 2.75) is 32.7 Å². The van der Waals surface area contributed by atoms with Gasteiger partial charge in [0.1, 0.15) is 5.82 Å². The summed E-state index contributed by atoms with van der Waals surface area (Å²) in [6.45, 7) is 6.51. The van der Waals surface area contributed by atoms with E-state index in [4.69, 9.17) is 11.6 Å². The summed E-state index contributed by atoms with van der Waals surface area (Å²) in [5.41, 5.74) is 2.26. The Balaban J connectivity index is 0.00000280. The Kier molecular flexibility index (Phi) is 9.84. The topological polar surface area (TPSA) is 52.6 Å². The number of nitrogens with zero attached hydrogens (tertiary/aromatic N) is 3. The molecule has 0 atom stereocenters. The molecule has 1 fully saturated rings. The highest BCUT2D eigenvalue weighted by molar-refractivity contribution is 14.0. The first-order chi connectivity index (χ1) is 13.3. The Bertz CT molecular complexity index is 745. The lowest BCUT2D eigenvalue weighted by molar-refractivity contribution is 0.799. The van der Waals surface area contributed by atoms with Crippen LogP contribution in [0, 0.1) is 0 Å². The second-order valence-electron chi connectivity index (χ2n) is 6.68. The first kappa shape index (κ1) is 22.7. The Morgan fingerprint density at radius 1 is 1.14 bits per heavy atom. The standard InChI is InChI=1S/C21H28ClN5.HI/c1-2-23-21(24-12-11-18-7-3-4-8-19(18)22)26-16-17-9-10-20(25-15-17)27-13-5-6-14-27;/h3-4,7-10,15H,2,5-6,11-14,16H2,1H3,(H2,23,24,26);1H. The Morgan fingerprint density at radius 3 is 2.61 bits per heavy atom. The molecule has 152 valence electrons. The predicted octanol–water partition coefficient (Wildman–Crippen LogP) is 4.25. The van der Waals surface area contributed by atoms with Gasteiger partial charge in [-0.25, -0.2) is 9.98 Å². The summed E-state index contributed by atoms with van der Waals surface area (Å²) >= 11 is 6.22. The largest absolute Gasteiger partial charge is 0.357 e. The maximum atomic E-state index is 6.22. The summed E-state index contributed by atoms with van der Waals surface area (Å²) in [5, 5.41) is 7.47. The summed E-state index contributed by atoms with van der Waals surface area (Å²) in [6.07, 6.45) is 5.32. The van der Waals surface area contributed by atoms with Crippen molar-refractivity contribution in [3.05, 3.63) is 58.7 Å². The molecular formula is C21H29ClIN5. The van der Waals surface area contributed by atoms with E-state index in [0.29, 0.717) is 6.54 Å². The minimum atomic E-state index is 0. The molecule has 3 rings (SSSR count). The number of pyridine rings is 1. The molecule has 0 radical (unpaired) electrons. The molecule has 5 nitrogen and oxygen atoms in total. The van der Waals surface area contributed by atoms with Crippen LogP contribution in [0.3, 0.4) is 0 Å². The van der Waals surface area contributed by atoms with Crippen molar-refractivity contribution in [2.75, 3.05) is 31.1 Å². The van der Waals surface area contributed by atoms with Gasteiger partial charge in [0.05, 0.1) is 6.54 Å². The summed E-state index contributed by atoms with van der Waals surface area (Å²) in [4.78, 5) is 11.6. The predicted molar refractivity (Wildman–Crippen MR) is 129 cm³/mol. The molecule has 0 spiro atoms. The van der Waals surface area contributed by atoms with E-state index in [1.807, 2.05) is 24.4 Å². The average Bonchev–Trinajstić information content (AvgIpc) is 3.23. The van der Waals surface area contributed by atoms with Gasteiger partial charge in [0.25, 0.3) is 0 Å². The number of halogens is 2. The zero-order valence-electron chi connectivity index (χ0n) is 16.3. The van der Waals surface area contributed by atoms with Gasteiger partial charge in [0, 0.05) is 37.4 Å². The first-order valence-corrected chi connectivity index (χ1v) is 10.1. The molecule has 0 saturated carbocycles. The van der Waals surface area contributed by atoms with E-state index in [0.717, 1.165) is 60.5 Å². The fraction of sp³-hybridized carbons (Fsp3) is 0.429. The number of hydrogen-bond acceptors (Lipinski definition) is 3. The van der Waals surface area contributed by atoms with E-state index < -0.39 is 0 Å². The fourth-order valence-corrected chi connectivity index (χ4v) is 3.40. The lowest BCUT2D eigenvalue weighted by Gasteiger charge is -2.16. The van der Waals surface area contributed by atoms with E-state index in [2.05, 4.69) is 50.6 Å². The second-order valence-corrected chi connectivity index (χ2v) is 7.09. The molecule has 1 aliphatic heterocycles. The molecule has 2 heterocycles. The van der Waals surface area contributed by atoms with Crippen LogP contribution in [0.25, 0.3) is 0 Å². The molecule has 1 aromatic heterocycles. The Labute approximate surface area is 190 Å². The molecule has 0 bridgehead atoms. The van der Waals surface area contributed by atoms with E-state index in [-0.39, 0.29) is 24.0 Å². The van der Waals surface area contributed by atoms with Crippen molar-refractivity contribution in [1.82, 2.24) is 15.6 Å². The van der Waals surface area contributed by atoms with Gasteiger partial charge >= 0.3 is 0 Å². The van der Waals surface area contributed by atoms with Crippen LogP contribution in [0.1, 0.15) is 30.9 Å². The van der Waals surface area contributed by atoms with Crippen molar-refractivity contribution >= 4 is 47.4 Å². The SMILES string of the molecule is CCNC(=NCc1ccc(N2CCCC2)nc1)NCCc1ccccc1Cl.I. The van der Waals surface area contributed by atoms with E-state index >= 15 is 0 Å². The fourth-order valence-electron chi connectivity index (χ4n) is 3.17. The van der Waals surface area contributed by atoms with Gasteiger partial charge in [-0.05, 0) is 49.4 Å². The molecule has 7 heteroatoms. The number of benzene rings is 1. The molecule has 0 amide bonds. The van der Waals surface area contributed by atoms with Gasteiger partial charge in [0.2, 0.25) is 0 Å². The van der Waals surface area contributed by atoms with Crippen LogP contribution in [0.15, 0.2) is 47.6 Å². The third-order valence-corrected chi connectivity index (χ3v) is 5.02. The van der Waals surface area contributed by atoms with Gasteiger partial charge < -0.3 is 15.5 Å². The van der Waals surface area contributed by atoms with E-state index in [1.165, 1.54) is 12.8 Å². The number of hydrogen-bond donors (Lipinski definition) is 2. The minimum Gasteiger partial charge on any atom is -0.357 e. The van der Waals surface area contributed by atoms with Crippen LogP contribution in [-0.2, 0) is 13.0 Å². The lowest BCUT2D eigenvalue weighted by atomic mass is 10.1. The molecule has 1 aliphatic rings. The highest BCUT2D eigenvalue weighted by Gasteiger charge is 2.12. The smallest absolute Gasteiger partial charge is 0.191 e. The molecule has 1 saturated heterocycles. The van der Waals surface area contributed by atoms with Crippen LogP contribution >= 0.6 is 35.6 Å². The van der Waals surface area contributed by atoms with E-state index in [1.54, 1.807) is 0 Å². The van der Waals surface area contributed by atoms with Crippen molar-refractivity contribution < 1.29 is 0 Å². The monoisotopic (exact) mass is 513 g/mol. The summed E-state index contributed by atoms with van der Waals surface area (Å²) in [5.74, 6) is 1.89. The third-order valence-electron chi connectivity index (χ3n) is 4.65. The molecule has 2 aromatic rings. The normalized spacial score (nSPS) is 13.9. The maximum Gasteiger partial charge on any atom is 0.191 e. The van der Waals surface area contributed by atoms with Gasteiger partial charge in [-0.1, -0.05) is 35.9 Å². The maximum absolute atomic E-state index is 6.22. The third kappa shape index (κ3) is 6.81. The van der Waals surface area contributed by atoms with Crippen molar-refractivity contribution in [3.8, 4) is 0 Å². The molecule has 28 heavy (non-hydrogen) atoms. The lowest BCUT2D eigenvalue weighted by Crippen LogP contribution is -2.38. The highest BCUT2D eigenvalue weighted by Crippen LogP contribution is 2.18. The number of anilines is 1. The first-order valence-electron chi connectivity index (χ1n) is 9.71. The van der Waals surface area contributed by atoms with Crippen molar-refractivity contribution in [3.63, 3.8) is 0 Å². The molecule has 0 aliphatic carbocycles. The van der Waals surface area contributed by atoms with Gasteiger partial charge in [-0.2, -0.15) is 0 Å². The van der Waals surface area contributed by atoms with Crippen LogP contribution in [0.5, 0.6) is 0 Å². The summed E-state index contributed by atoms with van der Waals surface area (Å²) in [6, 6.07) is 12.2. The number of guanidine groups is 1. The quantitative estimate of drug-likeness (QED) is 0.330. The molecule has 0 unspecified atom stereocenters. The summed E-state index contributed by atoms with van der Waals surface area (Å²) in [7, 11) is 0. The van der Waals surface area contributed by atoms with Gasteiger partial charge in [0.15, 0.2) is 5.96 Å². The number of nitrogens with one attached hydrogen (secondary N) is 2. The summed E-state index contributed by atoms with van der Waals surface area (Å²) < 4.78 is 0. The number of rotatable bonds is 7. The van der Waals surface area contributed by atoms with E-state index in [9.17, 15) is 0 Å².